The van der Waals surface area contributed by atoms with Gasteiger partial charge in [0.1, 0.15) is 5.75 Å². The first-order valence-electron chi connectivity index (χ1n) is 7.24. The van der Waals surface area contributed by atoms with E-state index in [0.717, 1.165) is 17.2 Å². The molecule has 21 heavy (non-hydrogen) atoms. The second-order valence-electron chi connectivity index (χ2n) is 4.98. The summed E-state index contributed by atoms with van der Waals surface area (Å²) < 4.78 is 5.52. The first-order valence-corrected chi connectivity index (χ1v) is 7.24. The minimum absolute atomic E-state index is 0.00250. The Morgan fingerprint density at radius 3 is 2.71 bits per heavy atom. The van der Waals surface area contributed by atoms with Crippen LogP contribution in [0.2, 0.25) is 0 Å². The molecule has 0 aliphatic carbocycles. The molecule has 2 aromatic rings. The fourth-order valence-electron chi connectivity index (χ4n) is 2.21. The number of ether oxygens (including phenoxy) is 1. The molecule has 0 aliphatic rings. The third-order valence-electron chi connectivity index (χ3n) is 3.43. The quantitative estimate of drug-likeness (QED) is 0.822. The maximum atomic E-state index is 11.8. The number of aliphatic hydroxyl groups is 1. The number of carbonyl (C=O) groups is 1. The lowest BCUT2D eigenvalue weighted by Gasteiger charge is -2.16. The molecule has 2 rings (SSSR count). The predicted molar refractivity (Wildman–Crippen MR) is 83.4 cm³/mol. The van der Waals surface area contributed by atoms with E-state index < -0.39 is 0 Å². The minimum atomic E-state index is -0.163. The lowest BCUT2D eigenvalue weighted by Crippen LogP contribution is -2.38. The van der Waals surface area contributed by atoms with E-state index in [0.29, 0.717) is 12.2 Å². The van der Waals surface area contributed by atoms with Crippen LogP contribution in [0.15, 0.2) is 42.5 Å². The van der Waals surface area contributed by atoms with Crippen LogP contribution in [0.1, 0.15) is 19.8 Å². The monoisotopic (exact) mass is 287 g/mol. The van der Waals surface area contributed by atoms with Gasteiger partial charge in [0.15, 0.2) is 6.61 Å². The highest BCUT2D eigenvalue weighted by molar-refractivity contribution is 5.84. The van der Waals surface area contributed by atoms with Crippen LogP contribution < -0.4 is 10.1 Å². The Bertz CT molecular complexity index is 597. The molecule has 2 aromatic carbocycles. The van der Waals surface area contributed by atoms with E-state index in [9.17, 15) is 4.79 Å². The first kappa shape index (κ1) is 15.3. The van der Waals surface area contributed by atoms with E-state index in [-0.39, 0.29) is 25.2 Å². The average Bonchev–Trinajstić information content (AvgIpc) is 2.52. The van der Waals surface area contributed by atoms with Gasteiger partial charge in [-0.15, -0.1) is 0 Å². The van der Waals surface area contributed by atoms with Crippen molar-refractivity contribution in [2.24, 2.45) is 0 Å². The summed E-state index contributed by atoms with van der Waals surface area (Å²) in [6.45, 7) is 2.04. The van der Waals surface area contributed by atoms with Crippen molar-refractivity contribution < 1.29 is 14.6 Å². The van der Waals surface area contributed by atoms with E-state index in [1.165, 1.54) is 0 Å². The zero-order valence-electron chi connectivity index (χ0n) is 12.2. The smallest absolute Gasteiger partial charge is 0.258 e. The lowest BCUT2D eigenvalue weighted by atomic mass is 10.1. The number of nitrogens with one attached hydrogen (secondary N) is 1. The van der Waals surface area contributed by atoms with Crippen molar-refractivity contribution in [1.29, 1.82) is 0 Å². The summed E-state index contributed by atoms with van der Waals surface area (Å²) in [6, 6.07) is 13.8. The van der Waals surface area contributed by atoms with Gasteiger partial charge in [-0.3, -0.25) is 4.79 Å². The number of fused-ring (bicyclic) bond motifs is 1. The fraction of sp³-hybridized carbons (Fsp3) is 0.353. The highest BCUT2D eigenvalue weighted by Crippen LogP contribution is 2.20. The van der Waals surface area contributed by atoms with Gasteiger partial charge in [-0.05, 0) is 35.7 Å². The van der Waals surface area contributed by atoms with Crippen molar-refractivity contribution in [3.05, 3.63) is 42.5 Å². The highest BCUT2D eigenvalue weighted by Gasteiger charge is 2.10. The summed E-state index contributed by atoms with van der Waals surface area (Å²) in [5.74, 6) is 0.516. The Balaban J connectivity index is 1.90. The zero-order chi connectivity index (χ0) is 15.1. The summed E-state index contributed by atoms with van der Waals surface area (Å²) in [4.78, 5) is 11.8. The maximum absolute atomic E-state index is 11.8. The first-order chi connectivity index (χ1) is 10.2. The molecule has 112 valence electrons. The van der Waals surface area contributed by atoms with Gasteiger partial charge in [0.05, 0.1) is 0 Å². The van der Waals surface area contributed by atoms with Crippen LogP contribution in [0.4, 0.5) is 0 Å². The van der Waals surface area contributed by atoms with Crippen LogP contribution in [-0.2, 0) is 4.79 Å². The van der Waals surface area contributed by atoms with E-state index in [4.69, 9.17) is 9.84 Å². The Hall–Kier alpha value is -2.07. The van der Waals surface area contributed by atoms with Gasteiger partial charge in [-0.2, -0.15) is 0 Å². The summed E-state index contributed by atoms with van der Waals surface area (Å²) >= 11 is 0. The Morgan fingerprint density at radius 1 is 1.24 bits per heavy atom. The van der Waals surface area contributed by atoms with Gasteiger partial charge in [-0.25, -0.2) is 0 Å². The topological polar surface area (TPSA) is 58.6 Å². The van der Waals surface area contributed by atoms with Crippen LogP contribution in [0.5, 0.6) is 5.75 Å². The number of rotatable bonds is 7. The Morgan fingerprint density at radius 2 is 2.00 bits per heavy atom. The molecule has 0 saturated carbocycles. The van der Waals surface area contributed by atoms with Crippen molar-refractivity contribution >= 4 is 16.7 Å². The molecule has 0 fully saturated rings. The molecule has 0 aromatic heterocycles. The Kier molecular flexibility index (Phi) is 5.58. The number of hydrogen-bond donors (Lipinski definition) is 2. The normalized spacial score (nSPS) is 12.1. The summed E-state index contributed by atoms with van der Waals surface area (Å²) in [7, 11) is 0. The van der Waals surface area contributed by atoms with E-state index in [2.05, 4.69) is 5.32 Å². The number of hydrogen-bond acceptors (Lipinski definition) is 3. The molecule has 0 heterocycles. The van der Waals surface area contributed by atoms with E-state index in [1.54, 1.807) is 0 Å². The van der Waals surface area contributed by atoms with Gasteiger partial charge in [0, 0.05) is 12.6 Å². The summed E-state index contributed by atoms with van der Waals surface area (Å²) in [6.07, 6.45) is 1.36. The molecule has 0 spiro atoms. The van der Waals surface area contributed by atoms with Crippen molar-refractivity contribution in [1.82, 2.24) is 5.32 Å². The second-order valence-corrected chi connectivity index (χ2v) is 4.98. The molecule has 4 nitrogen and oxygen atoms in total. The molecule has 0 radical (unpaired) electrons. The van der Waals surface area contributed by atoms with E-state index >= 15 is 0 Å². The molecule has 0 bridgehead atoms. The van der Waals surface area contributed by atoms with Crippen LogP contribution in [0.25, 0.3) is 10.8 Å². The zero-order valence-corrected chi connectivity index (χ0v) is 12.2. The molecule has 0 saturated heterocycles. The lowest BCUT2D eigenvalue weighted by molar-refractivity contribution is -0.123. The van der Waals surface area contributed by atoms with Crippen molar-refractivity contribution in [3.8, 4) is 5.75 Å². The third-order valence-corrected chi connectivity index (χ3v) is 3.43. The highest BCUT2D eigenvalue weighted by atomic mass is 16.5. The predicted octanol–water partition coefficient (Wildman–Crippen LogP) is 2.50. The number of benzene rings is 2. The molecule has 0 aliphatic heterocycles. The number of aliphatic hydroxyl groups excluding tert-OH is 1. The van der Waals surface area contributed by atoms with Gasteiger partial charge >= 0.3 is 0 Å². The van der Waals surface area contributed by atoms with Crippen LogP contribution in [0, 0.1) is 0 Å². The molecule has 1 unspecified atom stereocenters. The standard InChI is InChI=1S/C17H21NO3/c1-2-15(9-10-19)18-17(20)12-21-16-8-7-13-5-3-4-6-14(13)11-16/h3-8,11,15,19H,2,9-10,12H2,1H3,(H,18,20). The molecular weight excluding hydrogens is 266 g/mol. The number of carbonyl (C=O) groups excluding carboxylic acids is 1. The van der Waals surface area contributed by atoms with Gasteiger partial charge in [-0.1, -0.05) is 37.3 Å². The summed E-state index contributed by atoms with van der Waals surface area (Å²) in [5.41, 5.74) is 0. The Labute approximate surface area is 124 Å². The average molecular weight is 287 g/mol. The van der Waals surface area contributed by atoms with Crippen molar-refractivity contribution in [2.45, 2.75) is 25.8 Å². The molecule has 4 heteroatoms. The maximum Gasteiger partial charge on any atom is 0.258 e. The molecule has 1 atom stereocenters. The van der Waals surface area contributed by atoms with Crippen LogP contribution in [0.3, 0.4) is 0 Å². The number of amides is 1. The van der Waals surface area contributed by atoms with E-state index in [1.807, 2.05) is 49.4 Å². The SMILES string of the molecule is CCC(CCO)NC(=O)COc1ccc2ccccc2c1. The van der Waals surface area contributed by atoms with Crippen LogP contribution >= 0.6 is 0 Å². The van der Waals surface area contributed by atoms with Gasteiger partial charge < -0.3 is 15.2 Å². The minimum Gasteiger partial charge on any atom is -0.484 e. The van der Waals surface area contributed by atoms with Gasteiger partial charge in [0.25, 0.3) is 5.91 Å². The van der Waals surface area contributed by atoms with Crippen LogP contribution in [-0.4, -0.2) is 30.3 Å². The molecule has 1 amide bonds. The molecular formula is C17H21NO3. The third kappa shape index (κ3) is 4.46. The molecule has 2 N–H and O–H groups in total. The fourth-order valence-corrected chi connectivity index (χ4v) is 2.21. The summed E-state index contributed by atoms with van der Waals surface area (Å²) in [5, 5.41) is 14.0. The van der Waals surface area contributed by atoms with Crippen molar-refractivity contribution in [3.63, 3.8) is 0 Å². The largest absolute Gasteiger partial charge is 0.484 e. The van der Waals surface area contributed by atoms with Gasteiger partial charge in [0.2, 0.25) is 0 Å². The second kappa shape index (κ2) is 7.64. The van der Waals surface area contributed by atoms with Crippen molar-refractivity contribution in [2.75, 3.05) is 13.2 Å².